The number of ether oxygens (including phenoxy) is 2. The minimum Gasteiger partial charge on any atom is -0.497 e. The summed E-state index contributed by atoms with van der Waals surface area (Å²) in [5, 5.41) is 9.88. The van der Waals surface area contributed by atoms with Crippen LogP contribution >= 0.6 is 0 Å². The van der Waals surface area contributed by atoms with Crippen molar-refractivity contribution in [2.45, 2.75) is 26.9 Å². The number of hydrogen-bond acceptors (Lipinski definition) is 4. The van der Waals surface area contributed by atoms with Crippen LogP contribution in [0.25, 0.3) is 0 Å². The van der Waals surface area contributed by atoms with E-state index < -0.39 is 11.5 Å². The Morgan fingerprint density at radius 3 is 2.28 bits per heavy atom. The molecule has 1 aromatic carbocycles. The van der Waals surface area contributed by atoms with E-state index in [-0.39, 0.29) is 12.6 Å². The number of carbonyl (C=O) groups excluding carboxylic acids is 1. The molecule has 100 valence electrons. The van der Waals surface area contributed by atoms with Crippen molar-refractivity contribution in [1.29, 1.82) is 0 Å². The van der Waals surface area contributed by atoms with Gasteiger partial charge in [0.1, 0.15) is 18.5 Å². The normalized spacial score (nSPS) is 12.9. The molecule has 0 unspecified atom stereocenters. The van der Waals surface area contributed by atoms with Gasteiger partial charge in [-0.05, 0) is 38.5 Å². The smallest absolute Gasteiger partial charge is 0.311 e. The maximum Gasteiger partial charge on any atom is 0.311 e. The molecule has 0 aliphatic rings. The van der Waals surface area contributed by atoms with E-state index in [0.29, 0.717) is 5.56 Å². The molecule has 1 aromatic rings. The molecule has 1 N–H and O–H groups in total. The van der Waals surface area contributed by atoms with Crippen LogP contribution in [-0.2, 0) is 9.53 Å². The number of aliphatic hydroxyl groups is 1. The van der Waals surface area contributed by atoms with Crippen molar-refractivity contribution in [3.8, 4) is 5.75 Å². The molecule has 0 spiro atoms. The number of esters is 1. The Balaban J connectivity index is 2.55. The Labute approximate surface area is 108 Å². The quantitative estimate of drug-likeness (QED) is 0.835. The zero-order valence-corrected chi connectivity index (χ0v) is 11.3. The van der Waals surface area contributed by atoms with Gasteiger partial charge in [0.15, 0.2) is 0 Å². The van der Waals surface area contributed by atoms with Crippen LogP contribution in [0.1, 0.15) is 32.4 Å². The predicted octanol–water partition coefficient (Wildman–Crippen LogP) is 2.32. The van der Waals surface area contributed by atoms with Gasteiger partial charge in [-0.2, -0.15) is 0 Å². The van der Waals surface area contributed by atoms with E-state index in [9.17, 15) is 9.90 Å². The first-order valence-corrected chi connectivity index (χ1v) is 5.84. The summed E-state index contributed by atoms with van der Waals surface area (Å²) in [5.41, 5.74) is 0.136. The van der Waals surface area contributed by atoms with E-state index >= 15 is 0 Å². The Kier molecular flexibility index (Phi) is 4.73. The largest absolute Gasteiger partial charge is 0.497 e. The van der Waals surface area contributed by atoms with Crippen LogP contribution in [0.5, 0.6) is 5.75 Å². The maximum absolute atomic E-state index is 11.5. The maximum atomic E-state index is 11.5. The van der Waals surface area contributed by atoms with Crippen LogP contribution in [0, 0.1) is 5.41 Å². The molecule has 0 saturated heterocycles. The van der Waals surface area contributed by atoms with Crippen molar-refractivity contribution in [3.05, 3.63) is 29.8 Å². The van der Waals surface area contributed by atoms with Crippen LogP contribution < -0.4 is 4.74 Å². The van der Waals surface area contributed by atoms with Gasteiger partial charge in [-0.1, -0.05) is 12.1 Å². The Morgan fingerprint density at radius 1 is 1.28 bits per heavy atom. The van der Waals surface area contributed by atoms with Gasteiger partial charge >= 0.3 is 5.97 Å². The highest BCUT2D eigenvalue weighted by atomic mass is 16.5. The first kappa shape index (κ1) is 14.5. The fraction of sp³-hybridized carbons (Fsp3) is 0.500. The van der Waals surface area contributed by atoms with Crippen LogP contribution in [-0.4, -0.2) is 24.8 Å². The molecule has 1 atom stereocenters. The second kappa shape index (κ2) is 5.87. The average molecular weight is 252 g/mol. The minimum atomic E-state index is -0.817. The molecule has 1 rings (SSSR count). The van der Waals surface area contributed by atoms with E-state index in [1.54, 1.807) is 52.1 Å². The first-order chi connectivity index (χ1) is 8.34. The summed E-state index contributed by atoms with van der Waals surface area (Å²) in [5.74, 6) is 0.396. The third-order valence-corrected chi connectivity index (χ3v) is 2.49. The van der Waals surface area contributed by atoms with Gasteiger partial charge in [-0.3, -0.25) is 4.79 Å². The van der Waals surface area contributed by atoms with E-state index in [1.807, 2.05) is 0 Å². The summed E-state index contributed by atoms with van der Waals surface area (Å²) in [6, 6.07) is 7.00. The lowest BCUT2D eigenvalue weighted by molar-refractivity contribution is -0.156. The van der Waals surface area contributed by atoms with Gasteiger partial charge in [0.2, 0.25) is 0 Å². The number of carbonyl (C=O) groups is 1. The highest BCUT2D eigenvalue weighted by Crippen LogP contribution is 2.20. The number of rotatable bonds is 4. The van der Waals surface area contributed by atoms with Gasteiger partial charge in [0.05, 0.1) is 12.5 Å². The standard InChI is InChI=1S/C14H20O4/c1-14(2,3)13(16)18-9-12(15)10-5-7-11(17-4)8-6-10/h5-8,12,15H,9H2,1-4H3/t12-/m0/s1. The monoisotopic (exact) mass is 252 g/mol. The molecule has 0 saturated carbocycles. The van der Waals surface area contributed by atoms with Crippen LogP contribution in [0.3, 0.4) is 0 Å². The molecule has 4 heteroatoms. The van der Waals surface area contributed by atoms with E-state index in [4.69, 9.17) is 9.47 Å². The summed E-state index contributed by atoms with van der Waals surface area (Å²) in [4.78, 5) is 11.5. The van der Waals surface area contributed by atoms with Crippen molar-refractivity contribution in [2.75, 3.05) is 13.7 Å². The number of benzene rings is 1. The minimum absolute atomic E-state index is 0.0393. The van der Waals surface area contributed by atoms with Crippen molar-refractivity contribution in [2.24, 2.45) is 5.41 Å². The first-order valence-electron chi connectivity index (χ1n) is 5.84. The number of methoxy groups -OCH3 is 1. The lowest BCUT2D eigenvalue weighted by Gasteiger charge is -2.18. The molecule has 0 aliphatic carbocycles. The predicted molar refractivity (Wildman–Crippen MR) is 68.4 cm³/mol. The molecular formula is C14H20O4. The molecule has 0 radical (unpaired) electrons. The summed E-state index contributed by atoms with van der Waals surface area (Å²) in [6.07, 6.45) is -0.817. The third kappa shape index (κ3) is 4.04. The van der Waals surface area contributed by atoms with Gasteiger partial charge in [-0.25, -0.2) is 0 Å². The van der Waals surface area contributed by atoms with Crippen molar-refractivity contribution in [3.63, 3.8) is 0 Å². The van der Waals surface area contributed by atoms with E-state index in [2.05, 4.69) is 0 Å². The number of hydrogen-bond donors (Lipinski definition) is 1. The second-order valence-electron chi connectivity index (χ2n) is 5.14. The SMILES string of the molecule is COc1ccc([C@@H](O)COC(=O)C(C)(C)C)cc1. The molecule has 0 aliphatic heterocycles. The van der Waals surface area contributed by atoms with Gasteiger partial charge in [0.25, 0.3) is 0 Å². The Morgan fingerprint density at radius 2 is 1.83 bits per heavy atom. The summed E-state index contributed by atoms with van der Waals surface area (Å²) in [6.45, 7) is 5.28. The topological polar surface area (TPSA) is 55.8 Å². The van der Waals surface area contributed by atoms with E-state index in [1.165, 1.54) is 0 Å². The lowest BCUT2D eigenvalue weighted by Crippen LogP contribution is -2.25. The fourth-order valence-corrected chi connectivity index (χ4v) is 1.29. The molecule has 0 fully saturated rings. The Bertz CT molecular complexity index is 389. The molecule has 0 aromatic heterocycles. The zero-order valence-electron chi connectivity index (χ0n) is 11.3. The van der Waals surface area contributed by atoms with Crippen LogP contribution in [0.2, 0.25) is 0 Å². The summed E-state index contributed by atoms with van der Waals surface area (Å²) < 4.78 is 10.1. The molecule has 0 heterocycles. The summed E-state index contributed by atoms with van der Waals surface area (Å²) >= 11 is 0. The van der Waals surface area contributed by atoms with Gasteiger partial charge in [0, 0.05) is 0 Å². The second-order valence-corrected chi connectivity index (χ2v) is 5.14. The van der Waals surface area contributed by atoms with Crippen LogP contribution in [0.4, 0.5) is 0 Å². The lowest BCUT2D eigenvalue weighted by atomic mass is 9.97. The van der Waals surface area contributed by atoms with Crippen molar-refractivity contribution < 1.29 is 19.4 Å². The molecule has 4 nitrogen and oxygen atoms in total. The molecule has 0 amide bonds. The Hall–Kier alpha value is -1.55. The van der Waals surface area contributed by atoms with Crippen molar-refractivity contribution in [1.82, 2.24) is 0 Å². The highest BCUT2D eigenvalue weighted by molar-refractivity contribution is 5.75. The molecular weight excluding hydrogens is 232 g/mol. The molecule has 18 heavy (non-hydrogen) atoms. The average Bonchev–Trinajstić information content (AvgIpc) is 2.34. The zero-order chi connectivity index (χ0) is 13.8. The van der Waals surface area contributed by atoms with Gasteiger partial charge in [-0.15, -0.1) is 0 Å². The van der Waals surface area contributed by atoms with Crippen LogP contribution in [0.15, 0.2) is 24.3 Å². The fourth-order valence-electron chi connectivity index (χ4n) is 1.29. The van der Waals surface area contributed by atoms with Gasteiger partial charge < -0.3 is 14.6 Å². The molecule has 0 bridgehead atoms. The third-order valence-electron chi connectivity index (χ3n) is 2.49. The summed E-state index contributed by atoms with van der Waals surface area (Å²) in [7, 11) is 1.58. The van der Waals surface area contributed by atoms with Crippen molar-refractivity contribution >= 4 is 5.97 Å². The van der Waals surface area contributed by atoms with E-state index in [0.717, 1.165) is 5.75 Å². The number of aliphatic hydroxyl groups excluding tert-OH is 1. The highest BCUT2D eigenvalue weighted by Gasteiger charge is 2.24.